The van der Waals surface area contributed by atoms with Crippen LogP contribution in [-0.4, -0.2) is 22.2 Å². The topological polar surface area (TPSA) is 73.2 Å². The number of hydrogen-bond donors (Lipinski definition) is 0. The molecule has 0 amide bonds. The Morgan fingerprint density at radius 2 is 1.17 bits per heavy atom. The highest BCUT2D eigenvalue weighted by atomic mass is 16.5. The van der Waals surface area contributed by atoms with E-state index in [1.54, 1.807) is 24.3 Å². The lowest BCUT2D eigenvalue weighted by atomic mass is 10.0. The Balaban J connectivity index is 1.88. The van der Waals surface area contributed by atoms with E-state index in [1.165, 1.54) is 18.2 Å². The lowest BCUT2D eigenvalue weighted by Crippen LogP contribution is -2.25. The molecule has 4 rings (SSSR count). The van der Waals surface area contributed by atoms with Crippen molar-refractivity contribution in [2.24, 2.45) is 15.4 Å². The summed E-state index contributed by atoms with van der Waals surface area (Å²) in [5.41, 5.74) is 10.8. The van der Waals surface area contributed by atoms with Gasteiger partial charge in [-0.05, 0) is 93.3 Å². The minimum absolute atomic E-state index is 0.394. The average molecular weight is 482 g/mol. The summed E-state index contributed by atoms with van der Waals surface area (Å²) in [5, 5.41) is 13.1. The fraction of sp³-hybridized carbons (Fsp3) is 0.241. The van der Waals surface area contributed by atoms with Crippen molar-refractivity contribution in [3.05, 3.63) is 105 Å². The maximum atomic E-state index is 11.7. The second-order valence-corrected chi connectivity index (χ2v) is 9.16. The van der Waals surface area contributed by atoms with E-state index < -0.39 is 5.97 Å². The number of aryl methyl sites for hydroxylation is 6. The molecule has 0 bridgehead atoms. The second-order valence-electron chi connectivity index (χ2n) is 9.16. The number of hydrogen-bond acceptors (Lipinski definition) is 4. The van der Waals surface area contributed by atoms with Crippen molar-refractivity contribution in [2.45, 2.75) is 41.5 Å². The van der Waals surface area contributed by atoms with Crippen molar-refractivity contribution in [3.63, 3.8) is 0 Å². The van der Waals surface area contributed by atoms with Gasteiger partial charge in [0.15, 0.2) is 0 Å². The molecule has 7 nitrogen and oxygen atoms in total. The van der Waals surface area contributed by atoms with Crippen LogP contribution in [0.5, 0.6) is 0 Å². The monoisotopic (exact) mass is 481 g/mol. The molecule has 1 aromatic heterocycles. The minimum atomic E-state index is -0.394. The van der Waals surface area contributed by atoms with Gasteiger partial charge < -0.3 is 4.74 Å². The van der Waals surface area contributed by atoms with Crippen molar-refractivity contribution >= 4 is 11.7 Å². The summed E-state index contributed by atoms with van der Waals surface area (Å²) in [6.45, 7) is 12.6. The van der Waals surface area contributed by atoms with Crippen molar-refractivity contribution in [2.75, 3.05) is 7.11 Å². The third kappa shape index (κ3) is 4.91. The zero-order valence-electron chi connectivity index (χ0n) is 21.8. The number of methoxy groups -OCH3 is 1. The van der Waals surface area contributed by atoms with Gasteiger partial charge in [0.05, 0.1) is 29.7 Å². The summed E-state index contributed by atoms with van der Waals surface area (Å²) in [4.78, 5) is 11.7. The fourth-order valence-corrected chi connectivity index (χ4v) is 4.83. The smallest absolute Gasteiger partial charge is 0.337 e. The van der Waals surface area contributed by atoms with E-state index in [4.69, 9.17) is 4.74 Å². The average Bonchev–Trinajstić information content (AvgIpc) is 3.20. The van der Waals surface area contributed by atoms with E-state index in [1.807, 2.05) is 12.4 Å². The van der Waals surface area contributed by atoms with Crippen molar-refractivity contribution < 1.29 is 9.53 Å². The number of rotatable bonds is 5. The Morgan fingerprint density at radius 1 is 0.722 bits per heavy atom. The van der Waals surface area contributed by atoms with Gasteiger partial charge in [-0.2, -0.15) is 0 Å². The number of esters is 1. The van der Waals surface area contributed by atoms with E-state index in [-0.39, 0.29) is 0 Å². The molecule has 36 heavy (non-hydrogen) atoms. The molecule has 0 unspecified atom stereocenters. The third-order valence-corrected chi connectivity index (χ3v) is 6.13. The number of aromatic nitrogens is 2. The zero-order valence-corrected chi connectivity index (χ0v) is 21.8. The Hall–Kier alpha value is -4.26. The third-order valence-electron chi connectivity index (χ3n) is 6.13. The van der Waals surface area contributed by atoms with Gasteiger partial charge in [-0.25, -0.2) is 4.79 Å². The molecular formula is C29H31N5O2. The maximum Gasteiger partial charge on any atom is 0.337 e. The van der Waals surface area contributed by atoms with Gasteiger partial charge >= 0.3 is 5.97 Å². The first-order valence-electron chi connectivity index (χ1n) is 11.8. The molecule has 0 radical (unpaired) electrons. The van der Waals surface area contributed by atoms with Crippen LogP contribution in [0.3, 0.4) is 0 Å². The summed E-state index contributed by atoms with van der Waals surface area (Å²) in [6.07, 6.45) is 4.03. The van der Waals surface area contributed by atoms with E-state index in [0.717, 1.165) is 33.6 Å². The number of carbonyl (C=O) groups excluding carboxylic acids is 1. The van der Waals surface area contributed by atoms with E-state index >= 15 is 0 Å². The van der Waals surface area contributed by atoms with Crippen LogP contribution >= 0.6 is 0 Å². The van der Waals surface area contributed by atoms with Gasteiger partial charge in [-0.1, -0.05) is 40.5 Å². The van der Waals surface area contributed by atoms with E-state index in [2.05, 4.69) is 90.4 Å². The molecule has 0 atom stereocenters. The zero-order chi connectivity index (χ0) is 26.0. The molecule has 0 saturated heterocycles. The van der Waals surface area contributed by atoms with Gasteiger partial charge in [0.1, 0.15) is 0 Å². The molecule has 0 fully saturated rings. The molecule has 7 heteroatoms. The number of ether oxygens (including phenoxy) is 1. The largest absolute Gasteiger partial charge is 0.465 e. The number of carbonyl (C=O) groups is 1. The lowest BCUT2D eigenvalue weighted by Gasteiger charge is -2.14. The van der Waals surface area contributed by atoms with Crippen molar-refractivity contribution in [3.8, 4) is 11.4 Å². The summed E-state index contributed by atoms with van der Waals surface area (Å²) < 4.78 is 8.87. The van der Waals surface area contributed by atoms with Crippen molar-refractivity contribution in [1.82, 2.24) is 9.13 Å². The van der Waals surface area contributed by atoms with Crippen LogP contribution in [0.4, 0.5) is 5.69 Å². The van der Waals surface area contributed by atoms with Crippen LogP contribution < -0.4 is 5.62 Å². The molecule has 3 aromatic carbocycles. The lowest BCUT2D eigenvalue weighted by molar-refractivity contribution is 0.0600. The first-order valence-corrected chi connectivity index (χ1v) is 11.8. The molecule has 4 aromatic rings. The van der Waals surface area contributed by atoms with Gasteiger partial charge in [0, 0.05) is 12.4 Å². The van der Waals surface area contributed by atoms with Gasteiger partial charge in [0.25, 0.3) is 0 Å². The Kier molecular flexibility index (Phi) is 7.01. The summed E-state index contributed by atoms with van der Waals surface area (Å²) >= 11 is 0. The summed E-state index contributed by atoms with van der Waals surface area (Å²) in [6, 6.07) is 15.4. The molecule has 0 aliphatic carbocycles. The van der Waals surface area contributed by atoms with Crippen LogP contribution in [-0.2, 0) is 4.74 Å². The Morgan fingerprint density at radius 3 is 1.58 bits per heavy atom. The Bertz CT molecular complexity index is 1410. The quantitative estimate of drug-likeness (QED) is 0.185. The predicted octanol–water partition coefficient (Wildman–Crippen LogP) is 6.50. The predicted molar refractivity (Wildman–Crippen MR) is 141 cm³/mol. The summed E-state index contributed by atoms with van der Waals surface area (Å²) in [7, 11) is 1.36. The molecular weight excluding hydrogens is 450 g/mol. The molecule has 184 valence electrons. The highest BCUT2D eigenvalue weighted by Crippen LogP contribution is 2.23. The van der Waals surface area contributed by atoms with Gasteiger partial charge in [-0.15, -0.1) is 5.11 Å². The standard InChI is InChI=1S/C29H31N5O2/c1-18-14-20(3)26(21(4)15-18)33-12-13-34(27-22(5)16-19(2)17-23(27)6)29(33)31-32-30-25-10-8-24(9-11-25)28(35)36-7/h8-17H,1-7H3. The minimum Gasteiger partial charge on any atom is -0.465 e. The highest BCUT2D eigenvalue weighted by Gasteiger charge is 2.14. The van der Waals surface area contributed by atoms with Gasteiger partial charge in [-0.3, -0.25) is 9.13 Å². The van der Waals surface area contributed by atoms with Crippen LogP contribution in [0.1, 0.15) is 43.7 Å². The van der Waals surface area contributed by atoms with Crippen LogP contribution in [0.25, 0.3) is 11.4 Å². The highest BCUT2D eigenvalue weighted by molar-refractivity contribution is 5.89. The summed E-state index contributed by atoms with van der Waals surface area (Å²) in [5.74, 6) is -0.394. The number of benzene rings is 3. The first kappa shape index (κ1) is 24.9. The number of nitrogens with zero attached hydrogens (tertiary/aromatic N) is 5. The molecule has 0 N–H and O–H groups in total. The molecule has 0 spiro atoms. The molecule has 0 aliphatic heterocycles. The van der Waals surface area contributed by atoms with Gasteiger partial charge in [0.2, 0.25) is 5.62 Å². The fourth-order valence-electron chi connectivity index (χ4n) is 4.83. The first-order chi connectivity index (χ1) is 17.2. The van der Waals surface area contributed by atoms with Crippen LogP contribution in [0.2, 0.25) is 0 Å². The van der Waals surface area contributed by atoms with E-state index in [0.29, 0.717) is 16.9 Å². The van der Waals surface area contributed by atoms with Crippen LogP contribution in [0.15, 0.2) is 76.4 Å². The maximum absolute atomic E-state index is 11.7. The Labute approximate surface area is 211 Å². The molecule has 1 heterocycles. The van der Waals surface area contributed by atoms with Crippen LogP contribution in [0, 0.1) is 41.5 Å². The normalized spacial score (nSPS) is 11.2. The molecule has 0 saturated carbocycles. The SMILES string of the molecule is COC(=O)c1ccc(N=NN=c2n(-c3c(C)cc(C)cc3C)ccn2-c2c(C)cc(C)cc2C)cc1. The van der Waals surface area contributed by atoms with E-state index in [9.17, 15) is 4.79 Å². The second kappa shape index (κ2) is 10.2. The number of imidazole rings is 1. The molecule has 0 aliphatic rings. The van der Waals surface area contributed by atoms with Crippen molar-refractivity contribution in [1.29, 1.82) is 0 Å².